The zero-order valence-electron chi connectivity index (χ0n) is 9.52. The van der Waals surface area contributed by atoms with Crippen molar-refractivity contribution in [2.75, 3.05) is 5.75 Å². The van der Waals surface area contributed by atoms with Crippen LogP contribution in [0.4, 0.5) is 0 Å². The van der Waals surface area contributed by atoms with E-state index in [1.54, 1.807) is 11.3 Å². The first kappa shape index (κ1) is 12.4. The van der Waals surface area contributed by atoms with Gasteiger partial charge in [-0.2, -0.15) is 11.8 Å². The Morgan fingerprint density at radius 2 is 2.25 bits per heavy atom. The number of thiophene rings is 1. The van der Waals surface area contributed by atoms with Crippen molar-refractivity contribution in [1.29, 1.82) is 0 Å². The van der Waals surface area contributed by atoms with Crippen molar-refractivity contribution in [3.05, 3.63) is 22.4 Å². The topological polar surface area (TPSA) is 38.0 Å². The van der Waals surface area contributed by atoms with E-state index in [-0.39, 0.29) is 0 Å². The monoisotopic (exact) mass is 256 g/mol. The van der Waals surface area contributed by atoms with Gasteiger partial charge in [-0.05, 0) is 24.3 Å². The molecule has 3 N–H and O–H groups in total. The highest BCUT2D eigenvalue weighted by molar-refractivity contribution is 7.99. The van der Waals surface area contributed by atoms with Gasteiger partial charge in [0.2, 0.25) is 0 Å². The predicted molar refractivity (Wildman–Crippen MR) is 73.7 cm³/mol. The first-order chi connectivity index (χ1) is 7.90. The minimum absolute atomic E-state index is 0.326. The van der Waals surface area contributed by atoms with Crippen molar-refractivity contribution < 1.29 is 0 Å². The van der Waals surface area contributed by atoms with Gasteiger partial charge >= 0.3 is 0 Å². The molecule has 0 saturated heterocycles. The summed E-state index contributed by atoms with van der Waals surface area (Å²) in [5.41, 5.74) is 2.93. The van der Waals surface area contributed by atoms with Gasteiger partial charge < -0.3 is 0 Å². The van der Waals surface area contributed by atoms with Crippen LogP contribution in [-0.4, -0.2) is 11.0 Å². The Kier molecular flexibility index (Phi) is 5.16. The van der Waals surface area contributed by atoms with Gasteiger partial charge in [0, 0.05) is 15.9 Å². The molecule has 1 aliphatic rings. The molecule has 0 aliphatic heterocycles. The Morgan fingerprint density at radius 1 is 1.44 bits per heavy atom. The number of rotatable bonds is 5. The fourth-order valence-electron chi connectivity index (χ4n) is 2.17. The summed E-state index contributed by atoms with van der Waals surface area (Å²) < 4.78 is 0. The lowest BCUT2D eigenvalue weighted by molar-refractivity contribution is 0.514. The SMILES string of the molecule is NNC(CSC1CCCCC1)c1cccs1. The summed E-state index contributed by atoms with van der Waals surface area (Å²) in [6, 6.07) is 4.58. The quantitative estimate of drug-likeness (QED) is 0.627. The van der Waals surface area contributed by atoms with E-state index in [4.69, 9.17) is 5.84 Å². The molecule has 1 aromatic heterocycles. The van der Waals surface area contributed by atoms with Crippen LogP contribution in [-0.2, 0) is 0 Å². The van der Waals surface area contributed by atoms with Crippen molar-refractivity contribution in [3.8, 4) is 0 Å². The molecule has 0 aromatic carbocycles. The maximum atomic E-state index is 5.62. The number of hydrogen-bond donors (Lipinski definition) is 2. The van der Waals surface area contributed by atoms with E-state index in [0.29, 0.717) is 6.04 Å². The number of thioether (sulfide) groups is 1. The average molecular weight is 256 g/mol. The summed E-state index contributed by atoms with van der Waals surface area (Å²) in [6.45, 7) is 0. The lowest BCUT2D eigenvalue weighted by Gasteiger charge is -2.23. The molecule has 1 unspecified atom stereocenters. The summed E-state index contributed by atoms with van der Waals surface area (Å²) in [4.78, 5) is 1.35. The maximum Gasteiger partial charge on any atom is 0.0643 e. The Bertz CT molecular complexity index is 281. The average Bonchev–Trinajstić information content (AvgIpc) is 2.85. The Balaban J connectivity index is 1.78. The summed E-state index contributed by atoms with van der Waals surface area (Å²) in [6.07, 6.45) is 7.05. The van der Waals surface area contributed by atoms with Gasteiger partial charge in [-0.3, -0.25) is 11.3 Å². The molecule has 1 aliphatic carbocycles. The number of nitrogens with two attached hydrogens (primary N) is 1. The predicted octanol–water partition coefficient (Wildman–Crippen LogP) is 3.32. The van der Waals surface area contributed by atoms with Crippen LogP contribution < -0.4 is 11.3 Å². The summed E-state index contributed by atoms with van der Waals surface area (Å²) in [5.74, 6) is 6.72. The van der Waals surface area contributed by atoms with Crippen LogP contribution in [0, 0.1) is 0 Å². The van der Waals surface area contributed by atoms with Crippen LogP contribution in [0.15, 0.2) is 17.5 Å². The highest BCUT2D eigenvalue weighted by Gasteiger charge is 2.17. The van der Waals surface area contributed by atoms with Gasteiger partial charge in [0.25, 0.3) is 0 Å². The molecule has 1 atom stereocenters. The number of hydrazine groups is 1. The van der Waals surface area contributed by atoms with E-state index >= 15 is 0 Å². The minimum Gasteiger partial charge on any atom is -0.271 e. The normalized spacial score (nSPS) is 19.8. The molecule has 0 amide bonds. The molecule has 16 heavy (non-hydrogen) atoms. The smallest absolute Gasteiger partial charge is 0.0643 e. The van der Waals surface area contributed by atoms with Crippen LogP contribution in [0.2, 0.25) is 0 Å². The molecule has 1 heterocycles. The Labute approximate surface area is 106 Å². The van der Waals surface area contributed by atoms with Crippen molar-refractivity contribution in [1.82, 2.24) is 5.43 Å². The fourth-order valence-corrected chi connectivity index (χ4v) is 4.47. The Hall–Kier alpha value is -0.0300. The van der Waals surface area contributed by atoms with Gasteiger partial charge in [0.05, 0.1) is 6.04 Å². The highest BCUT2D eigenvalue weighted by Crippen LogP contribution is 2.31. The van der Waals surface area contributed by atoms with Gasteiger partial charge in [-0.25, -0.2) is 0 Å². The molecule has 4 heteroatoms. The second-order valence-electron chi connectivity index (χ2n) is 4.33. The van der Waals surface area contributed by atoms with E-state index in [1.807, 2.05) is 0 Å². The molecule has 0 bridgehead atoms. The molecule has 0 radical (unpaired) electrons. The molecule has 2 nitrogen and oxygen atoms in total. The molecule has 1 fully saturated rings. The van der Waals surface area contributed by atoms with Crippen molar-refractivity contribution in [3.63, 3.8) is 0 Å². The standard InChI is InChI=1S/C12H20N2S2/c13-14-11(12-7-4-8-15-12)9-16-10-5-2-1-3-6-10/h4,7-8,10-11,14H,1-3,5-6,9,13H2. The third kappa shape index (κ3) is 3.48. The third-order valence-corrected chi connectivity index (χ3v) is 5.59. The maximum absolute atomic E-state index is 5.62. The second-order valence-corrected chi connectivity index (χ2v) is 6.64. The number of nitrogens with one attached hydrogen (secondary N) is 1. The van der Waals surface area contributed by atoms with Gasteiger partial charge in [-0.15, -0.1) is 11.3 Å². The van der Waals surface area contributed by atoms with Crippen molar-refractivity contribution >= 4 is 23.1 Å². The lowest BCUT2D eigenvalue weighted by Crippen LogP contribution is -2.29. The molecule has 1 aromatic rings. The minimum atomic E-state index is 0.326. The zero-order valence-corrected chi connectivity index (χ0v) is 11.2. The van der Waals surface area contributed by atoms with E-state index < -0.39 is 0 Å². The molecular weight excluding hydrogens is 236 g/mol. The van der Waals surface area contributed by atoms with E-state index in [9.17, 15) is 0 Å². The summed E-state index contributed by atoms with van der Waals surface area (Å²) in [7, 11) is 0. The van der Waals surface area contributed by atoms with Gasteiger partial charge in [0.1, 0.15) is 0 Å². The van der Waals surface area contributed by atoms with E-state index in [2.05, 4.69) is 34.7 Å². The first-order valence-electron chi connectivity index (χ1n) is 6.01. The number of hydrogen-bond acceptors (Lipinski definition) is 4. The highest BCUT2D eigenvalue weighted by atomic mass is 32.2. The van der Waals surface area contributed by atoms with Gasteiger partial charge in [-0.1, -0.05) is 25.3 Å². The van der Waals surface area contributed by atoms with Crippen molar-refractivity contribution in [2.45, 2.75) is 43.4 Å². The second kappa shape index (κ2) is 6.64. The molecule has 1 saturated carbocycles. The molecule has 0 spiro atoms. The van der Waals surface area contributed by atoms with Crippen LogP contribution in [0.3, 0.4) is 0 Å². The van der Waals surface area contributed by atoms with Gasteiger partial charge in [0.15, 0.2) is 0 Å². The van der Waals surface area contributed by atoms with E-state index in [1.165, 1.54) is 37.0 Å². The van der Waals surface area contributed by atoms with Crippen LogP contribution in [0.1, 0.15) is 43.0 Å². The molecule has 90 valence electrons. The largest absolute Gasteiger partial charge is 0.271 e. The zero-order chi connectivity index (χ0) is 11.2. The van der Waals surface area contributed by atoms with Crippen LogP contribution >= 0.6 is 23.1 Å². The summed E-state index contributed by atoms with van der Waals surface area (Å²) in [5, 5.41) is 2.98. The van der Waals surface area contributed by atoms with Crippen LogP contribution in [0.25, 0.3) is 0 Å². The molecular formula is C12H20N2S2. The molecule has 2 rings (SSSR count). The van der Waals surface area contributed by atoms with Crippen molar-refractivity contribution in [2.24, 2.45) is 5.84 Å². The van der Waals surface area contributed by atoms with E-state index in [0.717, 1.165) is 11.0 Å². The summed E-state index contributed by atoms with van der Waals surface area (Å²) >= 11 is 3.88. The Morgan fingerprint density at radius 3 is 2.88 bits per heavy atom. The van der Waals surface area contributed by atoms with Crippen LogP contribution in [0.5, 0.6) is 0 Å². The fraction of sp³-hybridized carbons (Fsp3) is 0.667. The lowest BCUT2D eigenvalue weighted by atomic mass is 10.0. The first-order valence-corrected chi connectivity index (χ1v) is 7.94. The third-order valence-electron chi connectivity index (χ3n) is 3.14.